The molecule has 1 aliphatic heterocycles. The van der Waals surface area contributed by atoms with E-state index in [0.717, 1.165) is 0 Å². The fourth-order valence-electron chi connectivity index (χ4n) is 4.11. The van der Waals surface area contributed by atoms with Gasteiger partial charge in [-0.1, -0.05) is 39.8 Å². The van der Waals surface area contributed by atoms with E-state index in [2.05, 4.69) is 0 Å². The van der Waals surface area contributed by atoms with Gasteiger partial charge in [0.2, 0.25) is 5.91 Å². The number of nitrogens with zero attached hydrogens (tertiary/aromatic N) is 1. The minimum atomic E-state index is -1.26. The van der Waals surface area contributed by atoms with Gasteiger partial charge in [0.05, 0.1) is 25.2 Å². The molecular weight excluding hydrogens is 457 g/mol. The number of benzene rings is 1. The number of carbonyl (C=O) groups excluding carboxylic acids is 2. The molecule has 1 saturated heterocycles. The van der Waals surface area contributed by atoms with Crippen LogP contribution < -0.4 is 0 Å². The van der Waals surface area contributed by atoms with Crippen molar-refractivity contribution < 1.29 is 38.1 Å². The fraction of sp³-hybridized carbons (Fsp3) is 0.654. The first-order chi connectivity index (χ1) is 16.3. The Balaban J connectivity index is 2.16. The molecule has 0 spiro atoms. The summed E-state index contributed by atoms with van der Waals surface area (Å²) < 4.78 is 30.6. The first kappa shape index (κ1) is 28.7. The first-order valence-electron chi connectivity index (χ1n) is 12.1. The first-order valence-corrected chi connectivity index (χ1v) is 12.1. The average molecular weight is 496 g/mol. The van der Waals surface area contributed by atoms with Gasteiger partial charge in [-0.3, -0.25) is 9.59 Å². The molecule has 3 atom stereocenters. The lowest BCUT2D eigenvalue weighted by molar-refractivity contribution is -0.300. The van der Waals surface area contributed by atoms with Crippen molar-refractivity contribution in [1.29, 1.82) is 0 Å². The lowest BCUT2D eigenvalue weighted by Gasteiger charge is -2.41. The van der Waals surface area contributed by atoms with Crippen LogP contribution in [0.5, 0.6) is 0 Å². The zero-order valence-corrected chi connectivity index (χ0v) is 21.5. The van der Waals surface area contributed by atoms with Crippen LogP contribution in [-0.4, -0.2) is 59.0 Å². The summed E-state index contributed by atoms with van der Waals surface area (Å²) in [5, 5.41) is 9.96. The molecule has 1 fully saturated rings. The summed E-state index contributed by atoms with van der Waals surface area (Å²) in [6, 6.07) is 3.84. The van der Waals surface area contributed by atoms with Gasteiger partial charge in [0.25, 0.3) is 0 Å². The van der Waals surface area contributed by atoms with Gasteiger partial charge in [0.1, 0.15) is 5.82 Å². The van der Waals surface area contributed by atoms with E-state index in [-0.39, 0.29) is 36.9 Å². The van der Waals surface area contributed by atoms with Crippen LogP contribution in [0.15, 0.2) is 24.3 Å². The second-order valence-electron chi connectivity index (χ2n) is 10.2. The number of aliphatic carboxylic acids is 1. The summed E-state index contributed by atoms with van der Waals surface area (Å²) in [4.78, 5) is 38.8. The molecule has 2 rings (SSSR count). The lowest BCUT2D eigenvalue weighted by atomic mass is 10.00. The highest BCUT2D eigenvalue weighted by molar-refractivity contribution is 5.85. The minimum Gasteiger partial charge on any atom is -0.479 e. The van der Waals surface area contributed by atoms with Gasteiger partial charge >= 0.3 is 11.9 Å². The standard InChI is InChI=1S/C26H38FNO7/c1-16(2)15-33-22(29)14-21-13-20(34-26(5,6)35-21)11-12-28(24(30)17(3)4)23(25(31)32)18-7-9-19(27)10-8-18/h7-10,16-17,20-21,23H,11-15H2,1-6H3,(H,31,32). The third-order valence-corrected chi connectivity index (χ3v) is 5.60. The van der Waals surface area contributed by atoms with E-state index in [1.807, 2.05) is 13.8 Å². The second-order valence-corrected chi connectivity index (χ2v) is 10.2. The molecule has 1 aliphatic rings. The number of carboxylic acids is 1. The topological polar surface area (TPSA) is 102 Å². The largest absolute Gasteiger partial charge is 0.479 e. The van der Waals surface area contributed by atoms with Crippen molar-refractivity contribution in [1.82, 2.24) is 4.90 Å². The molecule has 0 radical (unpaired) electrons. The van der Waals surface area contributed by atoms with Gasteiger partial charge in [-0.25, -0.2) is 9.18 Å². The van der Waals surface area contributed by atoms with Crippen LogP contribution in [0, 0.1) is 17.7 Å². The second kappa shape index (κ2) is 12.4. The Bertz CT molecular complexity index is 869. The van der Waals surface area contributed by atoms with Crippen molar-refractivity contribution in [2.75, 3.05) is 13.2 Å². The maximum Gasteiger partial charge on any atom is 0.331 e. The Morgan fingerprint density at radius 1 is 1.11 bits per heavy atom. The third-order valence-electron chi connectivity index (χ3n) is 5.60. The summed E-state index contributed by atoms with van der Waals surface area (Å²) in [5.74, 6) is -3.54. The maximum absolute atomic E-state index is 13.4. The Morgan fingerprint density at radius 3 is 2.26 bits per heavy atom. The van der Waals surface area contributed by atoms with Crippen LogP contribution in [0.2, 0.25) is 0 Å². The summed E-state index contributed by atoms with van der Waals surface area (Å²) >= 11 is 0. The van der Waals surface area contributed by atoms with Gasteiger partial charge in [-0.15, -0.1) is 0 Å². The number of rotatable bonds is 11. The number of hydrogen-bond acceptors (Lipinski definition) is 6. The Morgan fingerprint density at radius 2 is 1.71 bits per heavy atom. The number of halogens is 1. The van der Waals surface area contributed by atoms with Gasteiger partial charge in [-0.2, -0.15) is 0 Å². The summed E-state index contributed by atoms with van der Waals surface area (Å²) in [7, 11) is 0. The predicted octanol–water partition coefficient (Wildman–Crippen LogP) is 4.33. The van der Waals surface area contributed by atoms with Crippen molar-refractivity contribution >= 4 is 17.8 Å². The lowest BCUT2D eigenvalue weighted by Crippen LogP contribution is -2.47. The van der Waals surface area contributed by atoms with Crippen molar-refractivity contribution in [2.45, 2.75) is 84.8 Å². The summed E-state index contributed by atoms with van der Waals surface area (Å²) in [6.45, 7) is 11.3. The molecule has 9 heteroatoms. The number of esters is 1. The van der Waals surface area contributed by atoms with Crippen LogP contribution in [0.4, 0.5) is 4.39 Å². The van der Waals surface area contributed by atoms with E-state index in [9.17, 15) is 23.9 Å². The molecule has 8 nitrogen and oxygen atoms in total. The molecule has 0 bridgehead atoms. The molecule has 1 N–H and O–H groups in total. The minimum absolute atomic E-state index is 0.0813. The van der Waals surface area contributed by atoms with Gasteiger partial charge in [0, 0.05) is 18.9 Å². The zero-order valence-electron chi connectivity index (χ0n) is 21.5. The maximum atomic E-state index is 13.4. The van der Waals surface area contributed by atoms with Gasteiger partial charge in [0.15, 0.2) is 11.8 Å². The van der Waals surface area contributed by atoms with Gasteiger partial charge in [-0.05, 0) is 43.9 Å². The molecule has 196 valence electrons. The number of carboxylic acid groups (broad SMARTS) is 1. The average Bonchev–Trinajstić information content (AvgIpc) is 2.74. The third kappa shape index (κ3) is 8.89. The highest BCUT2D eigenvalue weighted by atomic mass is 19.1. The van der Waals surface area contributed by atoms with Crippen LogP contribution in [-0.2, 0) is 28.6 Å². The molecule has 1 aromatic carbocycles. The van der Waals surface area contributed by atoms with Crippen LogP contribution in [0.25, 0.3) is 0 Å². The quantitative estimate of drug-likeness (QED) is 0.456. The molecule has 35 heavy (non-hydrogen) atoms. The van der Waals surface area contributed by atoms with E-state index in [0.29, 0.717) is 25.0 Å². The van der Waals surface area contributed by atoms with Crippen molar-refractivity contribution in [3.63, 3.8) is 0 Å². The van der Waals surface area contributed by atoms with E-state index in [1.54, 1.807) is 27.7 Å². The highest BCUT2D eigenvalue weighted by Crippen LogP contribution is 2.31. The predicted molar refractivity (Wildman–Crippen MR) is 127 cm³/mol. The zero-order chi connectivity index (χ0) is 26.3. The molecule has 0 aliphatic carbocycles. The van der Waals surface area contributed by atoms with E-state index < -0.39 is 35.6 Å². The smallest absolute Gasteiger partial charge is 0.331 e. The Labute approximate surface area is 206 Å². The molecule has 1 aromatic rings. The van der Waals surface area contributed by atoms with Crippen LogP contribution >= 0.6 is 0 Å². The van der Waals surface area contributed by atoms with Crippen molar-refractivity contribution in [3.8, 4) is 0 Å². The molecule has 3 unspecified atom stereocenters. The van der Waals surface area contributed by atoms with Gasteiger partial charge < -0.3 is 24.2 Å². The summed E-state index contributed by atoms with van der Waals surface area (Å²) in [6.07, 6.45) is 0.0287. The van der Waals surface area contributed by atoms with E-state index in [1.165, 1.54) is 29.2 Å². The summed E-state index contributed by atoms with van der Waals surface area (Å²) in [5.41, 5.74) is 0.312. The molecule has 0 aromatic heterocycles. The Kier molecular flexibility index (Phi) is 10.2. The molecular formula is C26H38FNO7. The van der Waals surface area contributed by atoms with Crippen molar-refractivity contribution in [2.24, 2.45) is 11.8 Å². The number of hydrogen-bond donors (Lipinski definition) is 1. The fourth-order valence-corrected chi connectivity index (χ4v) is 4.11. The SMILES string of the molecule is CC(C)COC(=O)CC1CC(CCN(C(=O)C(C)C)C(C(=O)O)c2ccc(F)cc2)OC(C)(C)O1. The van der Waals surface area contributed by atoms with Crippen LogP contribution in [0.1, 0.15) is 72.4 Å². The van der Waals surface area contributed by atoms with E-state index in [4.69, 9.17) is 14.2 Å². The number of ether oxygens (including phenoxy) is 3. The monoisotopic (exact) mass is 495 g/mol. The van der Waals surface area contributed by atoms with Crippen LogP contribution in [0.3, 0.4) is 0 Å². The molecule has 1 heterocycles. The molecule has 1 amide bonds. The van der Waals surface area contributed by atoms with E-state index >= 15 is 0 Å². The number of carbonyl (C=O) groups is 3. The molecule has 0 saturated carbocycles. The number of amides is 1. The Hall–Kier alpha value is -2.52. The normalized spacial score (nSPS) is 20.5. The highest BCUT2D eigenvalue weighted by Gasteiger charge is 2.38. The van der Waals surface area contributed by atoms with Crippen molar-refractivity contribution in [3.05, 3.63) is 35.6 Å².